The lowest BCUT2D eigenvalue weighted by Gasteiger charge is -2.18. The Bertz CT molecular complexity index is 453. The second-order valence-corrected chi connectivity index (χ2v) is 5.21. The van der Waals surface area contributed by atoms with Crippen LogP contribution in [0.25, 0.3) is 0 Å². The monoisotopic (exact) mass is 264 g/mol. The summed E-state index contributed by atoms with van der Waals surface area (Å²) >= 11 is 0. The molecule has 0 bridgehead atoms. The van der Waals surface area contributed by atoms with E-state index in [0.29, 0.717) is 0 Å². The fourth-order valence-corrected chi connectivity index (χ4v) is 2.88. The van der Waals surface area contributed by atoms with E-state index in [1.807, 2.05) is 13.8 Å². The van der Waals surface area contributed by atoms with Gasteiger partial charge in [0.15, 0.2) is 0 Å². The van der Waals surface area contributed by atoms with Crippen LogP contribution in [-0.2, 0) is 24.2 Å². The molecular formula is C14H24N4O. The summed E-state index contributed by atoms with van der Waals surface area (Å²) in [5.74, 6) is 0.792. The number of nitrogens with zero attached hydrogens (tertiary/aromatic N) is 2. The summed E-state index contributed by atoms with van der Waals surface area (Å²) in [6, 6.07) is -0.244. The molecule has 1 aromatic heterocycles. The smallest absolute Gasteiger partial charge is 0.234 e. The highest BCUT2D eigenvalue weighted by Gasteiger charge is 2.20. The van der Waals surface area contributed by atoms with Crippen molar-refractivity contribution in [1.82, 2.24) is 14.9 Å². The third-order valence-electron chi connectivity index (χ3n) is 3.86. The van der Waals surface area contributed by atoms with E-state index in [1.165, 1.54) is 24.2 Å². The number of likely N-dealkylation sites (N-methyl/N-ethyl adjacent to an activating group) is 1. The summed E-state index contributed by atoms with van der Waals surface area (Å²) in [5.41, 5.74) is 8.03. The summed E-state index contributed by atoms with van der Waals surface area (Å²) in [7, 11) is 0. The molecule has 1 amide bonds. The summed E-state index contributed by atoms with van der Waals surface area (Å²) in [4.78, 5) is 16.0. The Kier molecular flexibility index (Phi) is 4.58. The Balaban J connectivity index is 2.06. The van der Waals surface area contributed by atoms with Crippen LogP contribution in [-0.4, -0.2) is 28.0 Å². The molecule has 0 saturated heterocycles. The van der Waals surface area contributed by atoms with Gasteiger partial charge < -0.3 is 15.6 Å². The molecule has 1 unspecified atom stereocenters. The Morgan fingerprint density at radius 3 is 2.89 bits per heavy atom. The van der Waals surface area contributed by atoms with Gasteiger partial charge in [-0.25, -0.2) is 4.98 Å². The first kappa shape index (κ1) is 14.1. The van der Waals surface area contributed by atoms with Gasteiger partial charge >= 0.3 is 0 Å². The highest BCUT2D eigenvalue weighted by Crippen LogP contribution is 2.22. The van der Waals surface area contributed by atoms with Crippen LogP contribution >= 0.6 is 0 Å². The lowest BCUT2D eigenvalue weighted by atomic mass is 10.0. The Hall–Kier alpha value is -1.36. The fourth-order valence-electron chi connectivity index (χ4n) is 2.88. The highest BCUT2D eigenvalue weighted by molar-refractivity contribution is 5.79. The third kappa shape index (κ3) is 3.15. The molecule has 0 spiro atoms. The van der Waals surface area contributed by atoms with Gasteiger partial charge in [0.1, 0.15) is 5.82 Å². The second-order valence-electron chi connectivity index (χ2n) is 5.21. The van der Waals surface area contributed by atoms with Crippen LogP contribution < -0.4 is 11.1 Å². The van der Waals surface area contributed by atoms with E-state index in [-0.39, 0.29) is 11.9 Å². The van der Waals surface area contributed by atoms with Gasteiger partial charge in [0.2, 0.25) is 5.91 Å². The van der Waals surface area contributed by atoms with Gasteiger partial charge in [-0.3, -0.25) is 4.79 Å². The summed E-state index contributed by atoms with van der Waals surface area (Å²) in [6.45, 7) is 5.61. The molecule has 1 aliphatic rings. The molecular weight excluding hydrogens is 240 g/mol. The zero-order chi connectivity index (χ0) is 13.8. The van der Waals surface area contributed by atoms with Crippen molar-refractivity contribution in [3.05, 3.63) is 17.2 Å². The summed E-state index contributed by atoms with van der Waals surface area (Å²) in [5, 5.41) is 3.14. The van der Waals surface area contributed by atoms with Gasteiger partial charge in [0.05, 0.1) is 11.7 Å². The number of fused-ring (bicyclic) bond motifs is 1. The average Bonchev–Trinajstić information content (AvgIpc) is 2.70. The van der Waals surface area contributed by atoms with E-state index in [2.05, 4.69) is 14.9 Å². The number of aromatic nitrogens is 2. The predicted octanol–water partition coefficient (Wildman–Crippen LogP) is 0.924. The number of hydrogen-bond acceptors (Lipinski definition) is 3. The first-order chi connectivity index (χ1) is 9.13. The molecule has 5 heteroatoms. The molecule has 0 aromatic carbocycles. The molecule has 2 rings (SSSR count). The quantitative estimate of drug-likeness (QED) is 0.802. The molecule has 0 saturated carbocycles. The van der Waals surface area contributed by atoms with E-state index in [1.54, 1.807) is 0 Å². The molecule has 0 radical (unpaired) electrons. The lowest BCUT2D eigenvalue weighted by molar-refractivity contribution is -0.120. The number of rotatable bonds is 6. The molecule has 1 aromatic rings. The van der Waals surface area contributed by atoms with Crippen LogP contribution in [0, 0.1) is 6.92 Å². The second kappa shape index (κ2) is 6.19. The molecule has 19 heavy (non-hydrogen) atoms. The summed E-state index contributed by atoms with van der Waals surface area (Å²) < 4.78 is 2.27. The molecule has 5 nitrogen and oxygen atoms in total. The molecule has 106 valence electrons. The van der Waals surface area contributed by atoms with Crippen molar-refractivity contribution >= 4 is 5.91 Å². The number of nitrogens with two attached hydrogens (primary N) is 1. The summed E-state index contributed by atoms with van der Waals surface area (Å²) in [6.07, 6.45) is 5.41. The number of carbonyl (C=O) groups is 1. The number of nitrogens with one attached hydrogen (secondary N) is 1. The molecule has 0 fully saturated rings. The van der Waals surface area contributed by atoms with Crippen molar-refractivity contribution < 1.29 is 4.79 Å². The molecule has 0 aliphatic heterocycles. The average molecular weight is 264 g/mol. The maximum absolute atomic E-state index is 11.4. The SMILES string of the molecule is CCNC(CCn1c(C)nc2c1CCCC2)C(N)=O. The molecule has 1 heterocycles. The van der Waals surface area contributed by atoms with Gasteiger partial charge in [0.25, 0.3) is 0 Å². The van der Waals surface area contributed by atoms with Crippen LogP contribution in [0.4, 0.5) is 0 Å². The molecule has 1 atom stereocenters. The predicted molar refractivity (Wildman–Crippen MR) is 74.9 cm³/mol. The minimum absolute atomic E-state index is 0.244. The number of carbonyl (C=O) groups excluding carboxylic acids is 1. The van der Waals surface area contributed by atoms with Gasteiger partial charge in [-0.1, -0.05) is 6.92 Å². The molecule has 3 N–H and O–H groups in total. The highest BCUT2D eigenvalue weighted by atomic mass is 16.1. The normalized spacial score (nSPS) is 16.1. The standard InChI is InChI=1S/C14H24N4O/c1-3-16-12(14(15)19)8-9-18-10(2)17-11-6-4-5-7-13(11)18/h12,16H,3-9H2,1-2H3,(H2,15,19). The van der Waals surface area contributed by atoms with Crippen LogP contribution in [0.15, 0.2) is 0 Å². The van der Waals surface area contributed by atoms with Crippen molar-refractivity contribution in [3.63, 3.8) is 0 Å². The Morgan fingerprint density at radius 1 is 1.47 bits per heavy atom. The number of hydrogen-bond donors (Lipinski definition) is 2. The van der Waals surface area contributed by atoms with Gasteiger partial charge in [-0.05, 0) is 45.6 Å². The van der Waals surface area contributed by atoms with Crippen LogP contribution in [0.2, 0.25) is 0 Å². The van der Waals surface area contributed by atoms with Crippen LogP contribution in [0.3, 0.4) is 0 Å². The number of aryl methyl sites for hydroxylation is 2. The van der Waals surface area contributed by atoms with Gasteiger partial charge in [-0.2, -0.15) is 0 Å². The molecule has 1 aliphatic carbocycles. The van der Waals surface area contributed by atoms with Crippen molar-refractivity contribution in [2.75, 3.05) is 6.54 Å². The van der Waals surface area contributed by atoms with E-state index in [0.717, 1.165) is 38.2 Å². The first-order valence-corrected chi connectivity index (χ1v) is 7.21. The minimum atomic E-state index is -0.270. The van der Waals surface area contributed by atoms with E-state index in [9.17, 15) is 4.79 Å². The third-order valence-corrected chi connectivity index (χ3v) is 3.86. The van der Waals surface area contributed by atoms with E-state index < -0.39 is 0 Å². The number of imidazole rings is 1. The lowest BCUT2D eigenvalue weighted by Crippen LogP contribution is -2.41. The zero-order valence-electron chi connectivity index (χ0n) is 11.9. The topological polar surface area (TPSA) is 72.9 Å². The fraction of sp³-hybridized carbons (Fsp3) is 0.714. The minimum Gasteiger partial charge on any atom is -0.368 e. The Morgan fingerprint density at radius 2 is 2.21 bits per heavy atom. The maximum Gasteiger partial charge on any atom is 0.234 e. The van der Waals surface area contributed by atoms with Crippen molar-refractivity contribution in [3.8, 4) is 0 Å². The zero-order valence-corrected chi connectivity index (χ0v) is 11.9. The van der Waals surface area contributed by atoms with Crippen molar-refractivity contribution in [2.24, 2.45) is 5.73 Å². The number of primary amides is 1. The Labute approximate surface area is 114 Å². The number of amides is 1. The van der Waals surface area contributed by atoms with E-state index in [4.69, 9.17) is 5.73 Å². The van der Waals surface area contributed by atoms with Gasteiger partial charge in [-0.15, -0.1) is 0 Å². The van der Waals surface area contributed by atoms with Crippen molar-refractivity contribution in [1.29, 1.82) is 0 Å². The van der Waals surface area contributed by atoms with E-state index >= 15 is 0 Å². The van der Waals surface area contributed by atoms with Crippen molar-refractivity contribution in [2.45, 2.75) is 58.5 Å². The van der Waals surface area contributed by atoms with Crippen LogP contribution in [0.1, 0.15) is 43.4 Å². The van der Waals surface area contributed by atoms with Gasteiger partial charge in [0, 0.05) is 12.2 Å². The largest absolute Gasteiger partial charge is 0.368 e. The first-order valence-electron chi connectivity index (χ1n) is 7.21. The maximum atomic E-state index is 11.4. The van der Waals surface area contributed by atoms with Crippen LogP contribution in [0.5, 0.6) is 0 Å².